The molecule has 0 saturated carbocycles. The molecule has 2 aliphatic rings. The Balaban J connectivity index is 1.43. The van der Waals surface area contributed by atoms with Crippen molar-refractivity contribution in [1.29, 1.82) is 0 Å². The molecule has 22 heavy (non-hydrogen) atoms. The summed E-state index contributed by atoms with van der Waals surface area (Å²) in [6.07, 6.45) is 2.55. The Bertz CT molecular complexity index is 590. The van der Waals surface area contributed by atoms with Crippen LogP contribution in [-0.2, 0) is 4.74 Å². The van der Waals surface area contributed by atoms with E-state index in [4.69, 9.17) is 9.72 Å². The van der Waals surface area contributed by atoms with Crippen LogP contribution in [0, 0.1) is 0 Å². The van der Waals surface area contributed by atoms with E-state index in [0.29, 0.717) is 6.04 Å². The molecule has 2 aliphatic heterocycles. The summed E-state index contributed by atoms with van der Waals surface area (Å²) in [6.45, 7) is 7.47. The normalized spacial score (nSPS) is 24.3. The third-order valence-electron chi connectivity index (χ3n) is 4.77. The Labute approximate surface area is 135 Å². The average Bonchev–Trinajstić information content (AvgIpc) is 3.20. The lowest BCUT2D eigenvalue weighted by molar-refractivity contribution is 0.0327. The van der Waals surface area contributed by atoms with Gasteiger partial charge in [0.2, 0.25) is 0 Å². The highest BCUT2D eigenvalue weighted by Crippen LogP contribution is 2.36. The Morgan fingerprint density at radius 2 is 2.00 bits per heavy atom. The molecule has 2 saturated heterocycles. The van der Waals surface area contributed by atoms with Gasteiger partial charge in [0.25, 0.3) is 0 Å². The number of nitrogens with zero attached hydrogens (tertiary/aromatic N) is 3. The highest BCUT2D eigenvalue weighted by Gasteiger charge is 2.28. The first-order valence-corrected chi connectivity index (χ1v) is 9.11. The maximum atomic E-state index is 5.43. The molecule has 0 N–H and O–H groups in total. The van der Waals surface area contributed by atoms with Crippen molar-refractivity contribution in [2.24, 2.45) is 0 Å². The Hall–Kier alpha value is -1.01. The van der Waals surface area contributed by atoms with Gasteiger partial charge in [0.1, 0.15) is 5.01 Å². The highest BCUT2D eigenvalue weighted by atomic mass is 32.1. The van der Waals surface area contributed by atoms with E-state index in [1.807, 2.05) is 11.3 Å². The SMILES string of the molecule is c1ccc2sc([C@H]3CCCN3CCN3CCOCC3)nc2c1. The van der Waals surface area contributed by atoms with Crippen LogP contribution in [0.1, 0.15) is 23.9 Å². The van der Waals surface area contributed by atoms with Gasteiger partial charge in [0.15, 0.2) is 0 Å². The first-order chi connectivity index (χ1) is 10.9. The number of rotatable bonds is 4. The number of hydrogen-bond donors (Lipinski definition) is 0. The van der Waals surface area contributed by atoms with Crippen molar-refractivity contribution >= 4 is 21.6 Å². The first-order valence-electron chi connectivity index (χ1n) is 8.30. The molecule has 0 amide bonds. The molecule has 0 radical (unpaired) electrons. The standard InChI is InChI=1S/C17H23N3OS/c1-2-6-16-14(4-1)18-17(22-16)15-5-3-7-20(15)9-8-19-10-12-21-13-11-19/h1-2,4,6,15H,3,5,7-13H2/t15-/m1/s1. The van der Waals surface area contributed by atoms with Crippen LogP contribution < -0.4 is 0 Å². The number of para-hydroxylation sites is 1. The molecule has 0 unspecified atom stereocenters. The molecule has 0 spiro atoms. The summed E-state index contributed by atoms with van der Waals surface area (Å²) in [5.41, 5.74) is 1.16. The first kappa shape index (κ1) is 14.6. The van der Waals surface area contributed by atoms with E-state index in [1.165, 1.54) is 29.1 Å². The van der Waals surface area contributed by atoms with Gasteiger partial charge in [-0.15, -0.1) is 11.3 Å². The molecule has 1 aromatic heterocycles. The molecular formula is C17H23N3OS. The second-order valence-corrected chi connectivity index (χ2v) is 7.23. The minimum Gasteiger partial charge on any atom is -0.379 e. The van der Waals surface area contributed by atoms with Gasteiger partial charge in [0.05, 0.1) is 29.5 Å². The number of fused-ring (bicyclic) bond motifs is 1. The van der Waals surface area contributed by atoms with Crippen molar-refractivity contribution in [2.45, 2.75) is 18.9 Å². The second-order valence-electron chi connectivity index (χ2n) is 6.17. The van der Waals surface area contributed by atoms with Crippen LogP contribution in [0.25, 0.3) is 10.2 Å². The van der Waals surface area contributed by atoms with E-state index in [1.54, 1.807) is 0 Å². The number of ether oxygens (including phenoxy) is 1. The molecule has 0 aliphatic carbocycles. The Morgan fingerprint density at radius 3 is 2.86 bits per heavy atom. The zero-order valence-electron chi connectivity index (χ0n) is 12.9. The van der Waals surface area contributed by atoms with E-state index < -0.39 is 0 Å². The highest BCUT2D eigenvalue weighted by molar-refractivity contribution is 7.18. The number of morpholine rings is 1. The van der Waals surface area contributed by atoms with Crippen LogP contribution in [-0.4, -0.2) is 60.7 Å². The molecule has 4 nitrogen and oxygen atoms in total. The minimum absolute atomic E-state index is 0.526. The van der Waals surface area contributed by atoms with Crippen LogP contribution in [0.15, 0.2) is 24.3 Å². The summed E-state index contributed by atoms with van der Waals surface area (Å²) in [6, 6.07) is 9.02. The molecular weight excluding hydrogens is 294 g/mol. The van der Waals surface area contributed by atoms with Crippen molar-refractivity contribution in [3.8, 4) is 0 Å². The van der Waals surface area contributed by atoms with Gasteiger partial charge in [-0.3, -0.25) is 9.80 Å². The lowest BCUT2D eigenvalue weighted by atomic mass is 10.2. The van der Waals surface area contributed by atoms with Gasteiger partial charge >= 0.3 is 0 Å². The average molecular weight is 317 g/mol. The predicted molar refractivity (Wildman–Crippen MR) is 90.4 cm³/mol. The van der Waals surface area contributed by atoms with Gasteiger partial charge in [-0.05, 0) is 31.5 Å². The number of hydrogen-bond acceptors (Lipinski definition) is 5. The van der Waals surface area contributed by atoms with Crippen molar-refractivity contribution in [3.63, 3.8) is 0 Å². The fraction of sp³-hybridized carbons (Fsp3) is 0.588. The largest absolute Gasteiger partial charge is 0.379 e. The molecule has 3 heterocycles. The fourth-order valence-corrected chi connectivity index (χ4v) is 4.64. The van der Waals surface area contributed by atoms with Gasteiger partial charge in [-0.25, -0.2) is 4.98 Å². The van der Waals surface area contributed by atoms with E-state index in [9.17, 15) is 0 Å². The van der Waals surface area contributed by atoms with Crippen LogP contribution in [0.4, 0.5) is 0 Å². The van der Waals surface area contributed by atoms with Gasteiger partial charge < -0.3 is 4.74 Å². The summed E-state index contributed by atoms with van der Waals surface area (Å²) in [5, 5.41) is 1.31. The maximum absolute atomic E-state index is 5.43. The molecule has 2 fully saturated rings. The number of thiazole rings is 1. The predicted octanol–water partition coefficient (Wildman–Crippen LogP) is 2.77. The van der Waals surface area contributed by atoms with Crippen LogP contribution in [0.5, 0.6) is 0 Å². The molecule has 5 heteroatoms. The van der Waals surface area contributed by atoms with E-state index >= 15 is 0 Å². The summed E-state index contributed by atoms with van der Waals surface area (Å²) in [5.74, 6) is 0. The minimum atomic E-state index is 0.526. The van der Waals surface area contributed by atoms with E-state index in [2.05, 4.69) is 34.1 Å². The van der Waals surface area contributed by atoms with Crippen molar-refractivity contribution in [1.82, 2.24) is 14.8 Å². The molecule has 1 atom stereocenters. The summed E-state index contributed by atoms with van der Waals surface area (Å²) < 4.78 is 6.75. The van der Waals surface area contributed by atoms with Crippen molar-refractivity contribution in [2.75, 3.05) is 45.9 Å². The summed E-state index contributed by atoms with van der Waals surface area (Å²) >= 11 is 1.87. The molecule has 118 valence electrons. The zero-order valence-corrected chi connectivity index (χ0v) is 13.7. The molecule has 4 rings (SSSR count). The molecule has 1 aromatic carbocycles. The van der Waals surface area contributed by atoms with Gasteiger partial charge in [-0.2, -0.15) is 0 Å². The third kappa shape index (κ3) is 3.04. The monoisotopic (exact) mass is 317 g/mol. The second kappa shape index (κ2) is 6.62. The molecule has 0 bridgehead atoms. The third-order valence-corrected chi connectivity index (χ3v) is 5.90. The van der Waals surface area contributed by atoms with Crippen molar-refractivity contribution in [3.05, 3.63) is 29.3 Å². The lowest BCUT2D eigenvalue weighted by Crippen LogP contribution is -2.41. The number of likely N-dealkylation sites (tertiary alicyclic amines) is 1. The topological polar surface area (TPSA) is 28.6 Å². The van der Waals surface area contributed by atoms with E-state index in [0.717, 1.165) is 44.9 Å². The van der Waals surface area contributed by atoms with Gasteiger partial charge in [-0.1, -0.05) is 12.1 Å². The Kier molecular flexibility index (Phi) is 4.39. The van der Waals surface area contributed by atoms with Crippen LogP contribution in [0.2, 0.25) is 0 Å². The fourth-order valence-electron chi connectivity index (χ4n) is 3.50. The smallest absolute Gasteiger partial charge is 0.111 e. The van der Waals surface area contributed by atoms with Gasteiger partial charge in [0, 0.05) is 26.2 Å². The quantitative estimate of drug-likeness (QED) is 0.867. The number of benzene rings is 1. The van der Waals surface area contributed by atoms with E-state index in [-0.39, 0.29) is 0 Å². The van der Waals surface area contributed by atoms with Crippen LogP contribution in [0.3, 0.4) is 0 Å². The molecule has 2 aromatic rings. The maximum Gasteiger partial charge on any atom is 0.111 e. The summed E-state index contributed by atoms with van der Waals surface area (Å²) in [4.78, 5) is 10.0. The van der Waals surface area contributed by atoms with Crippen molar-refractivity contribution < 1.29 is 4.74 Å². The summed E-state index contributed by atoms with van der Waals surface area (Å²) in [7, 11) is 0. The zero-order chi connectivity index (χ0) is 14.8. The van der Waals surface area contributed by atoms with Crippen LogP contribution >= 0.6 is 11.3 Å². The lowest BCUT2D eigenvalue weighted by Gasteiger charge is -2.30. The Morgan fingerprint density at radius 1 is 1.14 bits per heavy atom. The number of aromatic nitrogens is 1.